The molecule has 144 valence electrons. The maximum Gasteiger partial charge on any atom is 2.00 e. The fraction of sp³-hybridized carbons (Fsp3) is 0.238. The van der Waals surface area contributed by atoms with Crippen LogP contribution in [0.25, 0.3) is 0 Å². The van der Waals surface area contributed by atoms with Crippen molar-refractivity contribution in [2.75, 3.05) is 0 Å². The average Bonchev–Trinajstić information content (AvgIpc) is 3.28. The Labute approximate surface area is 190 Å². The van der Waals surface area contributed by atoms with Gasteiger partial charge in [0.25, 0.3) is 0 Å². The number of aryl methyl sites for hydroxylation is 1. The molecular formula is C21H24FeINO2S+2. The minimum Gasteiger partial charge on any atom is -0.207 e. The third kappa shape index (κ3) is 7.96. The van der Waals surface area contributed by atoms with Crippen LogP contribution < -0.4 is 4.72 Å². The van der Waals surface area contributed by atoms with Crippen LogP contribution in [0.3, 0.4) is 0 Å². The van der Waals surface area contributed by atoms with Gasteiger partial charge in [0.1, 0.15) is 0 Å². The zero-order valence-electron chi connectivity index (χ0n) is 15.5. The Kier molecular flexibility index (Phi) is 11.4. The quantitative estimate of drug-likeness (QED) is 0.445. The van der Waals surface area contributed by atoms with E-state index in [-0.39, 0.29) is 29.0 Å². The molecule has 3 nitrogen and oxygen atoms in total. The Balaban J connectivity index is 0.000000526. The summed E-state index contributed by atoms with van der Waals surface area (Å²) in [6.07, 6.45) is 15.9. The molecule has 0 aromatic heterocycles. The van der Waals surface area contributed by atoms with Gasteiger partial charge in [0.15, 0.2) is 0 Å². The summed E-state index contributed by atoms with van der Waals surface area (Å²) >= 11 is 2.24. The van der Waals surface area contributed by atoms with Gasteiger partial charge in [-0.15, -0.1) is 0 Å². The van der Waals surface area contributed by atoms with E-state index in [0.717, 1.165) is 15.4 Å². The molecule has 1 aromatic carbocycles. The van der Waals surface area contributed by atoms with Crippen molar-refractivity contribution in [3.05, 3.63) is 91.0 Å². The van der Waals surface area contributed by atoms with E-state index in [1.807, 2.05) is 84.3 Å². The molecule has 1 N–H and O–H groups in total. The molecule has 3 rings (SSSR count). The first-order chi connectivity index (χ1) is 12.3. The Morgan fingerprint density at radius 1 is 0.889 bits per heavy atom. The third-order valence-electron chi connectivity index (χ3n) is 3.96. The minimum atomic E-state index is -3.52. The summed E-state index contributed by atoms with van der Waals surface area (Å²) in [6, 6.07) is 6.69. The van der Waals surface area contributed by atoms with Gasteiger partial charge in [0, 0.05) is 15.9 Å². The monoisotopic (exact) mass is 537 g/mol. The van der Waals surface area contributed by atoms with Crippen LogP contribution in [0.15, 0.2) is 29.2 Å². The number of rotatable bonds is 5. The van der Waals surface area contributed by atoms with Gasteiger partial charge in [-0.3, -0.25) is 0 Å². The Morgan fingerprint density at radius 2 is 1.41 bits per heavy atom. The molecule has 2 fully saturated rings. The van der Waals surface area contributed by atoms with Crippen LogP contribution in [-0.4, -0.2) is 14.5 Å². The summed E-state index contributed by atoms with van der Waals surface area (Å²) in [4.78, 5) is 0.306. The number of halogens is 1. The fourth-order valence-corrected chi connectivity index (χ4v) is 4.58. The second-order valence-electron chi connectivity index (χ2n) is 6.45. The molecule has 10 radical (unpaired) electrons. The molecule has 0 heterocycles. The Hall–Kier alpha value is 0.379. The van der Waals surface area contributed by atoms with Crippen molar-refractivity contribution in [3.63, 3.8) is 0 Å². The number of hydrogen-bond acceptors (Lipinski definition) is 2. The summed E-state index contributed by atoms with van der Waals surface area (Å²) < 4.78 is 29.0. The average molecular weight is 537 g/mol. The predicted octanol–water partition coefficient (Wildman–Crippen LogP) is 4.48. The molecule has 0 unspecified atom stereocenters. The number of sulfonamides is 1. The van der Waals surface area contributed by atoms with E-state index in [2.05, 4.69) is 27.3 Å². The van der Waals surface area contributed by atoms with Gasteiger partial charge in [-0.05, 0) is 76.3 Å². The van der Waals surface area contributed by atoms with Gasteiger partial charge in [-0.25, -0.2) is 13.1 Å². The van der Waals surface area contributed by atoms with Gasteiger partial charge in [0.05, 0.1) is 4.90 Å². The summed E-state index contributed by atoms with van der Waals surface area (Å²) in [5, 5.41) is 0. The second-order valence-corrected chi connectivity index (χ2v) is 9.32. The van der Waals surface area contributed by atoms with E-state index in [0.29, 0.717) is 4.90 Å². The standard InChI is InChI=1S/C16H19INO2S.C5H5.Fe/c1-11(2)16(14-5-4-6-15(14)17)18-21(19,20)13-9-7-12(3)8-10-13;1-2-4-5-3-1;/h4-11,16,18H,1-3H3;1-5H;/q;;+2/t16-;;/m0../s1. The van der Waals surface area contributed by atoms with E-state index in [1.54, 1.807) is 12.1 Å². The van der Waals surface area contributed by atoms with Gasteiger partial charge in [-0.2, -0.15) is 0 Å². The summed E-state index contributed by atoms with van der Waals surface area (Å²) in [5.41, 5.74) is 1.04. The van der Waals surface area contributed by atoms with Crippen LogP contribution in [0.2, 0.25) is 0 Å². The molecule has 27 heavy (non-hydrogen) atoms. The maximum absolute atomic E-state index is 12.6. The van der Waals surface area contributed by atoms with Crippen LogP contribution in [-0.2, 0) is 27.1 Å². The molecule has 2 aliphatic rings. The molecule has 2 saturated carbocycles. The Morgan fingerprint density at radius 3 is 1.81 bits per heavy atom. The van der Waals surface area contributed by atoms with E-state index in [9.17, 15) is 8.42 Å². The second kappa shape index (κ2) is 12.2. The molecule has 0 amide bonds. The largest absolute Gasteiger partial charge is 2.00 e. The van der Waals surface area contributed by atoms with Gasteiger partial charge < -0.3 is 0 Å². The molecule has 2 aliphatic carbocycles. The smallest absolute Gasteiger partial charge is 0.207 e. The predicted molar refractivity (Wildman–Crippen MR) is 115 cm³/mol. The van der Waals surface area contributed by atoms with Crippen LogP contribution in [0, 0.1) is 74.1 Å². The first kappa shape index (κ1) is 25.4. The van der Waals surface area contributed by atoms with E-state index in [4.69, 9.17) is 0 Å². The topological polar surface area (TPSA) is 46.2 Å². The molecule has 0 bridgehead atoms. The Bertz CT molecular complexity index is 637. The van der Waals surface area contributed by atoms with Crippen molar-refractivity contribution in [2.45, 2.75) is 31.7 Å². The van der Waals surface area contributed by atoms with Crippen LogP contribution in [0.5, 0.6) is 0 Å². The molecular weight excluding hydrogens is 513 g/mol. The van der Waals surface area contributed by atoms with Crippen molar-refractivity contribution in [1.29, 1.82) is 0 Å². The van der Waals surface area contributed by atoms with Crippen molar-refractivity contribution in [1.82, 2.24) is 4.72 Å². The molecule has 0 aliphatic heterocycles. The summed E-state index contributed by atoms with van der Waals surface area (Å²) in [5.74, 6) is 1.20. The van der Waals surface area contributed by atoms with E-state index in [1.165, 1.54) is 0 Å². The molecule has 1 aromatic rings. The molecule has 0 saturated heterocycles. The number of nitrogens with one attached hydrogen (secondary N) is 1. The van der Waals surface area contributed by atoms with Crippen molar-refractivity contribution in [2.24, 2.45) is 5.92 Å². The van der Waals surface area contributed by atoms with Crippen LogP contribution in [0.4, 0.5) is 0 Å². The molecule has 6 heteroatoms. The number of hydrogen-bond donors (Lipinski definition) is 1. The maximum atomic E-state index is 12.6. The normalized spacial score (nSPS) is 19.4. The zero-order valence-corrected chi connectivity index (χ0v) is 19.6. The summed E-state index contributed by atoms with van der Waals surface area (Å²) in [6.45, 7) is 5.98. The molecule has 1 atom stereocenters. The van der Waals surface area contributed by atoms with Gasteiger partial charge in [-0.1, -0.05) is 54.1 Å². The SMILES string of the molecule is Cc1ccc(S(=O)(=O)N[C@H]([C]2[CH][CH][CH][C]2I)C(C)C)cc1.[CH]1[CH][CH][CH][CH]1.[Fe+2]. The van der Waals surface area contributed by atoms with E-state index >= 15 is 0 Å². The van der Waals surface area contributed by atoms with Gasteiger partial charge in [0.2, 0.25) is 10.0 Å². The third-order valence-corrected chi connectivity index (χ3v) is 6.40. The summed E-state index contributed by atoms with van der Waals surface area (Å²) in [7, 11) is -3.52. The fourth-order valence-electron chi connectivity index (χ4n) is 2.50. The van der Waals surface area contributed by atoms with Crippen molar-refractivity contribution >= 4 is 32.6 Å². The molecule has 0 spiro atoms. The first-order valence-corrected chi connectivity index (χ1v) is 11.0. The van der Waals surface area contributed by atoms with Crippen LogP contribution >= 0.6 is 22.6 Å². The van der Waals surface area contributed by atoms with Gasteiger partial charge >= 0.3 is 17.1 Å². The van der Waals surface area contributed by atoms with E-state index < -0.39 is 10.0 Å². The zero-order chi connectivity index (χ0) is 19.2. The number of benzene rings is 1. The first-order valence-electron chi connectivity index (χ1n) is 8.48. The van der Waals surface area contributed by atoms with Crippen molar-refractivity contribution in [3.8, 4) is 0 Å². The minimum absolute atomic E-state index is 0. The van der Waals surface area contributed by atoms with Crippen LogP contribution in [0.1, 0.15) is 19.4 Å². The van der Waals surface area contributed by atoms with Crippen molar-refractivity contribution < 1.29 is 25.5 Å².